The molecule has 96 valence electrons. The van der Waals surface area contributed by atoms with Crippen molar-refractivity contribution in [2.75, 3.05) is 11.9 Å². The molecule has 0 aliphatic heterocycles. The van der Waals surface area contributed by atoms with Crippen molar-refractivity contribution in [2.45, 2.75) is 12.8 Å². The Morgan fingerprint density at radius 3 is 2.89 bits per heavy atom. The average Bonchev–Trinajstić information content (AvgIpc) is 2.44. The second kappa shape index (κ2) is 6.72. The van der Waals surface area contributed by atoms with Gasteiger partial charge in [0.15, 0.2) is 11.5 Å². The number of rotatable bonds is 5. The summed E-state index contributed by atoms with van der Waals surface area (Å²) in [6.45, 7) is 0.736. The van der Waals surface area contributed by atoms with E-state index in [-0.39, 0.29) is 0 Å². The Labute approximate surface area is 117 Å². The Bertz CT molecular complexity index is 592. The third-order valence-electron chi connectivity index (χ3n) is 2.63. The molecular weight excluding hydrogens is 260 g/mol. The van der Waals surface area contributed by atoms with Crippen LogP contribution in [0.25, 0.3) is 0 Å². The molecule has 1 aromatic carbocycles. The number of benzene rings is 1. The summed E-state index contributed by atoms with van der Waals surface area (Å²) >= 11 is 5.92. The van der Waals surface area contributed by atoms with E-state index in [0.717, 1.165) is 24.4 Å². The molecular formula is C14H13ClN4. The van der Waals surface area contributed by atoms with Crippen LogP contribution in [-0.2, 0) is 6.42 Å². The monoisotopic (exact) mass is 272 g/mol. The van der Waals surface area contributed by atoms with Crippen LogP contribution in [0.3, 0.4) is 0 Å². The van der Waals surface area contributed by atoms with Crippen LogP contribution < -0.4 is 5.32 Å². The molecule has 0 fully saturated rings. The predicted molar refractivity (Wildman–Crippen MR) is 75.0 cm³/mol. The van der Waals surface area contributed by atoms with Crippen molar-refractivity contribution in [3.63, 3.8) is 0 Å². The highest BCUT2D eigenvalue weighted by atomic mass is 35.5. The van der Waals surface area contributed by atoms with Gasteiger partial charge >= 0.3 is 0 Å². The van der Waals surface area contributed by atoms with Crippen molar-refractivity contribution in [2.24, 2.45) is 0 Å². The molecule has 2 aromatic rings. The summed E-state index contributed by atoms with van der Waals surface area (Å²) in [5.41, 5.74) is 1.53. The molecule has 19 heavy (non-hydrogen) atoms. The number of nitrogens with zero attached hydrogens (tertiary/aromatic N) is 3. The number of anilines is 1. The first-order valence-electron chi connectivity index (χ1n) is 5.99. The van der Waals surface area contributed by atoms with E-state index in [0.29, 0.717) is 11.5 Å². The third kappa shape index (κ3) is 3.94. The fraction of sp³-hybridized carbons (Fsp3) is 0.214. The molecule has 0 aliphatic rings. The molecule has 0 saturated heterocycles. The average molecular weight is 273 g/mol. The summed E-state index contributed by atoms with van der Waals surface area (Å²) in [5, 5.41) is 12.8. The number of aryl methyl sites for hydroxylation is 1. The number of aromatic nitrogens is 2. The Morgan fingerprint density at radius 2 is 2.11 bits per heavy atom. The molecule has 5 heteroatoms. The van der Waals surface area contributed by atoms with E-state index in [4.69, 9.17) is 16.9 Å². The van der Waals surface area contributed by atoms with Crippen LogP contribution in [0.4, 0.5) is 5.82 Å². The summed E-state index contributed by atoms with van der Waals surface area (Å²) in [6, 6.07) is 9.83. The van der Waals surface area contributed by atoms with Crippen molar-refractivity contribution < 1.29 is 0 Å². The van der Waals surface area contributed by atoms with Gasteiger partial charge in [-0.1, -0.05) is 23.7 Å². The number of nitrogens with one attached hydrogen (secondary N) is 1. The first-order valence-corrected chi connectivity index (χ1v) is 6.37. The molecule has 0 atom stereocenters. The van der Waals surface area contributed by atoms with Crippen LogP contribution in [0.2, 0.25) is 5.02 Å². The fourth-order valence-corrected chi connectivity index (χ4v) is 1.95. The maximum atomic E-state index is 8.88. The van der Waals surface area contributed by atoms with Gasteiger partial charge in [0, 0.05) is 24.0 Å². The zero-order valence-corrected chi connectivity index (χ0v) is 11.1. The Balaban J connectivity index is 1.83. The third-order valence-corrected chi connectivity index (χ3v) is 2.86. The fourth-order valence-electron chi connectivity index (χ4n) is 1.74. The van der Waals surface area contributed by atoms with E-state index in [1.165, 1.54) is 11.8 Å². The highest BCUT2D eigenvalue weighted by Gasteiger charge is 2.02. The standard InChI is InChI=1S/C14H13ClN4/c15-12-5-1-3-11(9-12)4-2-6-18-14-13(10-16)17-7-8-19-14/h1,3,5,7-9H,2,4,6H2,(H,18,19). The van der Waals surface area contributed by atoms with Crippen LogP contribution in [0, 0.1) is 11.3 Å². The van der Waals surface area contributed by atoms with Crippen molar-refractivity contribution >= 4 is 17.4 Å². The summed E-state index contributed by atoms with van der Waals surface area (Å²) < 4.78 is 0. The normalized spacial score (nSPS) is 9.89. The Kier molecular flexibility index (Phi) is 4.71. The lowest BCUT2D eigenvalue weighted by Gasteiger charge is -2.06. The molecule has 0 aliphatic carbocycles. The smallest absolute Gasteiger partial charge is 0.182 e. The van der Waals surface area contributed by atoms with Crippen LogP contribution >= 0.6 is 11.6 Å². The lowest BCUT2D eigenvalue weighted by atomic mass is 10.1. The van der Waals surface area contributed by atoms with Crippen LogP contribution in [0.5, 0.6) is 0 Å². The van der Waals surface area contributed by atoms with Crippen molar-refractivity contribution in [1.29, 1.82) is 5.26 Å². The number of hydrogen-bond acceptors (Lipinski definition) is 4. The van der Waals surface area contributed by atoms with Gasteiger partial charge in [0.05, 0.1) is 0 Å². The van der Waals surface area contributed by atoms with Gasteiger partial charge in [-0.3, -0.25) is 0 Å². The number of nitriles is 1. The molecule has 0 unspecified atom stereocenters. The van der Waals surface area contributed by atoms with Crippen molar-refractivity contribution in [1.82, 2.24) is 9.97 Å². The summed E-state index contributed by atoms with van der Waals surface area (Å²) in [5.74, 6) is 0.538. The minimum Gasteiger partial charge on any atom is -0.368 e. The lowest BCUT2D eigenvalue weighted by molar-refractivity contribution is 0.857. The lowest BCUT2D eigenvalue weighted by Crippen LogP contribution is -2.07. The van der Waals surface area contributed by atoms with E-state index < -0.39 is 0 Å². The van der Waals surface area contributed by atoms with Gasteiger partial charge in [0.2, 0.25) is 0 Å². The highest BCUT2D eigenvalue weighted by Crippen LogP contribution is 2.12. The Morgan fingerprint density at radius 1 is 1.26 bits per heavy atom. The molecule has 0 amide bonds. The van der Waals surface area contributed by atoms with Gasteiger partial charge in [-0.15, -0.1) is 0 Å². The molecule has 0 bridgehead atoms. The van der Waals surface area contributed by atoms with E-state index in [9.17, 15) is 0 Å². The first kappa shape index (κ1) is 13.3. The second-order valence-corrected chi connectivity index (χ2v) is 4.46. The molecule has 1 heterocycles. The van der Waals surface area contributed by atoms with Crippen LogP contribution in [0.1, 0.15) is 17.7 Å². The van der Waals surface area contributed by atoms with Crippen molar-refractivity contribution in [3.05, 3.63) is 52.9 Å². The zero-order valence-electron chi connectivity index (χ0n) is 10.3. The zero-order chi connectivity index (χ0) is 13.5. The SMILES string of the molecule is N#Cc1nccnc1NCCCc1cccc(Cl)c1. The van der Waals surface area contributed by atoms with Gasteiger partial charge in [-0.05, 0) is 30.5 Å². The largest absolute Gasteiger partial charge is 0.368 e. The second-order valence-electron chi connectivity index (χ2n) is 4.03. The van der Waals surface area contributed by atoms with Crippen LogP contribution in [-0.4, -0.2) is 16.5 Å². The van der Waals surface area contributed by atoms with E-state index in [2.05, 4.69) is 21.4 Å². The Hall–Kier alpha value is -2.12. The summed E-state index contributed by atoms with van der Waals surface area (Å²) in [4.78, 5) is 8.03. The van der Waals surface area contributed by atoms with Gasteiger partial charge in [0.1, 0.15) is 6.07 Å². The molecule has 2 rings (SSSR count). The molecule has 0 saturated carbocycles. The van der Waals surface area contributed by atoms with E-state index in [1.807, 2.05) is 24.3 Å². The summed E-state index contributed by atoms with van der Waals surface area (Å²) in [7, 11) is 0. The van der Waals surface area contributed by atoms with Gasteiger partial charge in [-0.25, -0.2) is 9.97 Å². The minimum absolute atomic E-state index is 0.324. The minimum atomic E-state index is 0.324. The number of hydrogen-bond donors (Lipinski definition) is 1. The maximum Gasteiger partial charge on any atom is 0.182 e. The maximum absolute atomic E-state index is 8.88. The highest BCUT2D eigenvalue weighted by molar-refractivity contribution is 6.30. The first-order chi connectivity index (χ1) is 9.29. The molecule has 1 N–H and O–H groups in total. The van der Waals surface area contributed by atoms with Gasteiger partial charge < -0.3 is 5.32 Å². The van der Waals surface area contributed by atoms with Gasteiger partial charge in [-0.2, -0.15) is 5.26 Å². The predicted octanol–water partition coefficient (Wildman–Crippen LogP) is 3.05. The van der Waals surface area contributed by atoms with E-state index in [1.54, 1.807) is 6.20 Å². The van der Waals surface area contributed by atoms with Crippen molar-refractivity contribution in [3.8, 4) is 6.07 Å². The topological polar surface area (TPSA) is 61.6 Å². The molecule has 0 spiro atoms. The molecule has 1 aromatic heterocycles. The van der Waals surface area contributed by atoms with Gasteiger partial charge in [0.25, 0.3) is 0 Å². The summed E-state index contributed by atoms with van der Waals surface area (Å²) in [6.07, 6.45) is 4.94. The quantitative estimate of drug-likeness (QED) is 0.850. The van der Waals surface area contributed by atoms with E-state index >= 15 is 0 Å². The number of halogens is 1. The molecule has 4 nitrogen and oxygen atoms in total. The molecule has 0 radical (unpaired) electrons. The van der Waals surface area contributed by atoms with Crippen LogP contribution in [0.15, 0.2) is 36.7 Å².